The average molecular weight is 194 g/mol. The Morgan fingerprint density at radius 3 is 2.36 bits per heavy atom. The fourth-order valence-electron chi connectivity index (χ4n) is 0.835. The van der Waals surface area contributed by atoms with Crippen LogP contribution in [0.5, 0.6) is 0 Å². The summed E-state index contributed by atoms with van der Waals surface area (Å²) in [6.07, 6.45) is 1.58. The lowest BCUT2D eigenvalue weighted by Crippen LogP contribution is -2.23. The highest BCUT2D eigenvalue weighted by atomic mass is 16.2. The molecule has 0 aromatic carbocycles. The van der Waals surface area contributed by atoms with Crippen molar-refractivity contribution < 1.29 is 4.79 Å². The first-order chi connectivity index (χ1) is 6.45. The van der Waals surface area contributed by atoms with E-state index < -0.39 is 0 Å². The number of amides is 1. The van der Waals surface area contributed by atoms with Gasteiger partial charge in [-0.1, -0.05) is 20.8 Å². The topological polar surface area (TPSA) is 67.8 Å². The average Bonchev–Trinajstić information content (AvgIpc) is 2.15. The van der Waals surface area contributed by atoms with Gasteiger partial charge in [0.1, 0.15) is 0 Å². The van der Waals surface area contributed by atoms with Gasteiger partial charge in [-0.3, -0.25) is 4.79 Å². The summed E-state index contributed by atoms with van der Waals surface area (Å²) in [6.45, 7) is 6.04. The second-order valence-corrected chi connectivity index (χ2v) is 4.00. The van der Waals surface area contributed by atoms with E-state index in [0.717, 1.165) is 5.69 Å². The summed E-state index contributed by atoms with van der Waals surface area (Å²) in [6, 6.07) is 0. The van der Waals surface area contributed by atoms with Gasteiger partial charge in [-0.15, -0.1) is 5.10 Å². The highest BCUT2D eigenvalue weighted by Crippen LogP contribution is 2.17. The summed E-state index contributed by atoms with van der Waals surface area (Å²) >= 11 is 0. The second kappa shape index (κ2) is 3.69. The minimum Gasteiger partial charge on any atom is -0.352 e. The Hall–Kier alpha value is -1.52. The van der Waals surface area contributed by atoms with E-state index in [1.807, 2.05) is 20.8 Å². The quantitative estimate of drug-likeness (QED) is 0.708. The lowest BCUT2D eigenvalue weighted by Gasteiger charge is -2.15. The van der Waals surface area contributed by atoms with Gasteiger partial charge < -0.3 is 5.32 Å². The largest absolute Gasteiger partial charge is 0.352 e. The minimum atomic E-state index is -0.321. The molecule has 0 aliphatic heterocycles. The van der Waals surface area contributed by atoms with E-state index in [1.165, 1.54) is 7.05 Å². The highest BCUT2D eigenvalue weighted by molar-refractivity contribution is 5.89. The van der Waals surface area contributed by atoms with Crippen LogP contribution in [0.2, 0.25) is 0 Å². The molecular formula is C9H14N4O. The van der Waals surface area contributed by atoms with Gasteiger partial charge in [0.05, 0.1) is 11.9 Å². The van der Waals surface area contributed by atoms with Gasteiger partial charge in [0.2, 0.25) is 5.82 Å². The number of aromatic nitrogens is 3. The standard InChI is InChI=1S/C9H14N4O/c1-9(2,3)6-5-11-7(13-12-6)8(14)10-4/h5H,1-4H3,(H,10,14). The summed E-state index contributed by atoms with van der Waals surface area (Å²) in [5.41, 5.74) is 0.673. The molecule has 0 spiro atoms. The normalized spacial score (nSPS) is 11.1. The molecular weight excluding hydrogens is 180 g/mol. The lowest BCUT2D eigenvalue weighted by molar-refractivity contribution is 0.0951. The van der Waals surface area contributed by atoms with Crippen LogP contribution in [0.4, 0.5) is 0 Å². The summed E-state index contributed by atoms with van der Waals surface area (Å²) in [5, 5.41) is 10.1. The Bertz CT molecular complexity index is 326. The maximum absolute atomic E-state index is 11.1. The van der Waals surface area contributed by atoms with Crippen molar-refractivity contribution in [3.05, 3.63) is 17.7 Å². The van der Waals surface area contributed by atoms with Crippen LogP contribution in [0.15, 0.2) is 6.20 Å². The van der Waals surface area contributed by atoms with Crippen molar-refractivity contribution in [2.45, 2.75) is 26.2 Å². The summed E-state index contributed by atoms with van der Waals surface area (Å²) in [4.78, 5) is 15.0. The van der Waals surface area contributed by atoms with Crippen LogP contribution in [-0.4, -0.2) is 28.1 Å². The fourth-order valence-corrected chi connectivity index (χ4v) is 0.835. The van der Waals surface area contributed by atoms with Crippen molar-refractivity contribution in [3.8, 4) is 0 Å². The summed E-state index contributed by atoms with van der Waals surface area (Å²) in [7, 11) is 1.53. The second-order valence-electron chi connectivity index (χ2n) is 4.00. The first-order valence-corrected chi connectivity index (χ1v) is 4.37. The van der Waals surface area contributed by atoms with Crippen LogP contribution in [-0.2, 0) is 5.41 Å². The van der Waals surface area contributed by atoms with Crippen molar-refractivity contribution in [2.24, 2.45) is 0 Å². The molecule has 1 heterocycles. The molecule has 0 saturated heterocycles. The van der Waals surface area contributed by atoms with Crippen molar-refractivity contribution in [2.75, 3.05) is 7.05 Å². The van der Waals surface area contributed by atoms with E-state index in [1.54, 1.807) is 6.20 Å². The van der Waals surface area contributed by atoms with E-state index in [4.69, 9.17) is 0 Å². The Balaban J connectivity index is 2.95. The summed E-state index contributed by atoms with van der Waals surface area (Å²) in [5.74, 6) is -0.224. The van der Waals surface area contributed by atoms with E-state index >= 15 is 0 Å². The third-order valence-corrected chi connectivity index (χ3v) is 1.76. The van der Waals surface area contributed by atoms with E-state index in [0.29, 0.717) is 0 Å². The van der Waals surface area contributed by atoms with Gasteiger partial charge in [-0.2, -0.15) is 5.10 Å². The highest BCUT2D eigenvalue weighted by Gasteiger charge is 2.17. The molecule has 76 valence electrons. The van der Waals surface area contributed by atoms with E-state index in [2.05, 4.69) is 20.5 Å². The minimum absolute atomic E-state index is 0.0960. The van der Waals surface area contributed by atoms with Crippen LogP contribution >= 0.6 is 0 Å². The van der Waals surface area contributed by atoms with Crippen LogP contribution in [0.25, 0.3) is 0 Å². The number of carbonyl (C=O) groups excluding carboxylic acids is 1. The molecule has 1 amide bonds. The number of hydrogen-bond donors (Lipinski definition) is 1. The molecule has 0 radical (unpaired) electrons. The van der Waals surface area contributed by atoms with Gasteiger partial charge >= 0.3 is 0 Å². The number of hydrogen-bond acceptors (Lipinski definition) is 4. The molecule has 0 aliphatic rings. The Morgan fingerprint density at radius 2 is 2.00 bits per heavy atom. The predicted molar refractivity (Wildman–Crippen MR) is 51.9 cm³/mol. The van der Waals surface area contributed by atoms with Gasteiger partial charge in [-0.25, -0.2) is 4.98 Å². The third kappa shape index (κ3) is 2.25. The predicted octanol–water partition coefficient (Wildman–Crippen LogP) is 0.529. The lowest BCUT2D eigenvalue weighted by atomic mass is 9.93. The number of nitrogens with zero attached hydrogens (tertiary/aromatic N) is 3. The van der Waals surface area contributed by atoms with Crippen LogP contribution in [0, 0.1) is 0 Å². The number of carbonyl (C=O) groups is 1. The van der Waals surface area contributed by atoms with Gasteiger partial charge in [0.15, 0.2) is 0 Å². The molecule has 0 atom stereocenters. The van der Waals surface area contributed by atoms with Gasteiger partial charge in [0, 0.05) is 12.5 Å². The SMILES string of the molecule is CNC(=O)c1ncc(C(C)(C)C)nn1. The molecule has 1 rings (SSSR count). The molecule has 5 nitrogen and oxygen atoms in total. The molecule has 1 aromatic heterocycles. The summed E-state index contributed by atoms with van der Waals surface area (Å²) < 4.78 is 0. The van der Waals surface area contributed by atoms with Crippen molar-refractivity contribution in [1.29, 1.82) is 0 Å². The molecule has 0 aliphatic carbocycles. The maximum Gasteiger partial charge on any atom is 0.290 e. The zero-order valence-corrected chi connectivity index (χ0v) is 8.83. The smallest absolute Gasteiger partial charge is 0.290 e. The zero-order valence-electron chi connectivity index (χ0n) is 8.83. The van der Waals surface area contributed by atoms with E-state index in [-0.39, 0.29) is 17.1 Å². The molecule has 5 heteroatoms. The number of nitrogens with one attached hydrogen (secondary N) is 1. The molecule has 0 saturated carbocycles. The molecule has 1 aromatic rings. The molecule has 0 unspecified atom stereocenters. The fraction of sp³-hybridized carbons (Fsp3) is 0.556. The van der Waals surface area contributed by atoms with Crippen LogP contribution in [0.1, 0.15) is 37.1 Å². The van der Waals surface area contributed by atoms with Crippen molar-refractivity contribution >= 4 is 5.91 Å². The maximum atomic E-state index is 11.1. The molecule has 0 fully saturated rings. The van der Waals surface area contributed by atoms with Crippen molar-refractivity contribution in [1.82, 2.24) is 20.5 Å². The zero-order chi connectivity index (χ0) is 10.8. The van der Waals surface area contributed by atoms with Gasteiger partial charge in [0.25, 0.3) is 5.91 Å². The Labute approximate surface area is 83.0 Å². The van der Waals surface area contributed by atoms with E-state index in [9.17, 15) is 4.79 Å². The van der Waals surface area contributed by atoms with Gasteiger partial charge in [-0.05, 0) is 0 Å². The Morgan fingerprint density at radius 1 is 1.36 bits per heavy atom. The molecule has 1 N–H and O–H groups in total. The first-order valence-electron chi connectivity index (χ1n) is 4.37. The number of rotatable bonds is 1. The first kappa shape index (κ1) is 10.6. The van der Waals surface area contributed by atoms with Crippen LogP contribution in [0.3, 0.4) is 0 Å². The monoisotopic (exact) mass is 194 g/mol. The Kier molecular flexibility index (Phi) is 2.78. The van der Waals surface area contributed by atoms with Crippen molar-refractivity contribution in [3.63, 3.8) is 0 Å². The molecule has 0 bridgehead atoms. The third-order valence-electron chi connectivity index (χ3n) is 1.76. The van der Waals surface area contributed by atoms with Crippen LogP contribution < -0.4 is 5.32 Å². The molecule has 14 heavy (non-hydrogen) atoms.